The van der Waals surface area contributed by atoms with E-state index in [0.29, 0.717) is 23.5 Å². The van der Waals surface area contributed by atoms with Crippen molar-refractivity contribution >= 4 is 20.9 Å². The molecule has 0 radical (unpaired) electrons. The number of aromatic nitrogens is 1. The molecule has 0 saturated carbocycles. The van der Waals surface area contributed by atoms with Crippen molar-refractivity contribution in [2.45, 2.75) is 24.7 Å². The zero-order valence-electron chi connectivity index (χ0n) is 17.1. The van der Waals surface area contributed by atoms with Crippen LogP contribution in [0.3, 0.4) is 0 Å². The molecule has 0 bridgehead atoms. The Bertz CT molecular complexity index is 836. The van der Waals surface area contributed by atoms with Crippen LogP contribution in [0.2, 0.25) is 0 Å². The summed E-state index contributed by atoms with van der Waals surface area (Å²) in [4.78, 5) is 8.88. The summed E-state index contributed by atoms with van der Waals surface area (Å²) in [5.41, 5.74) is 1.57. The first-order chi connectivity index (χ1) is 12.7. The fourth-order valence-electron chi connectivity index (χ4n) is 3.07. The Morgan fingerprint density at radius 3 is 2.07 bits per heavy atom. The van der Waals surface area contributed by atoms with Crippen molar-refractivity contribution < 1.29 is 8.42 Å². The van der Waals surface area contributed by atoms with Crippen molar-refractivity contribution in [1.29, 1.82) is 0 Å². The van der Waals surface area contributed by atoms with Crippen LogP contribution in [0.4, 0.5) is 0 Å². The monoisotopic (exact) mass is 392 g/mol. The van der Waals surface area contributed by atoms with E-state index in [1.807, 2.05) is 47.2 Å². The predicted octanol–water partition coefficient (Wildman–Crippen LogP) is 2.44. The van der Waals surface area contributed by atoms with Gasteiger partial charge in [-0.05, 0) is 78.7 Å². The van der Waals surface area contributed by atoms with Gasteiger partial charge in [0.25, 0.3) is 0 Å². The molecular formula is C20H32N4O2S. The first-order valence-electron chi connectivity index (χ1n) is 9.37. The zero-order valence-corrected chi connectivity index (χ0v) is 18.0. The number of nitrogens with zero attached hydrogens (tertiary/aromatic N) is 4. The summed E-state index contributed by atoms with van der Waals surface area (Å²) in [6.07, 6.45) is 3.32. The van der Waals surface area contributed by atoms with Crippen LogP contribution in [0.1, 0.15) is 18.4 Å². The van der Waals surface area contributed by atoms with Gasteiger partial charge in [0.1, 0.15) is 4.90 Å². The fourth-order valence-corrected chi connectivity index (χ4v) is 4.75. The van der Waals surface area contributed by atoms with Crippen molar-refractivity contribution in [2.24, 2.45) is 0 Å². The lowest BCUT2D eigenvalue weighted by Crippen LogP contribution is -2.35. The molecule has 0 N–H and O–H groups in total. The predicted molar refractivity (Wildman–Crippen MR) is 112 cm³/mol. The van der Waals surface area contributed by atoms with Crippen LogP contribution in [0.15, 0.2) is 35.4 Å². The van der Waals surface area contributed by atoms with Gasteiger partial charge >= 0.3 is 0 Å². The normalized spacial score (nSPS) is 12.6. The Morgan fingerprint density at radius 2 is 1.52 bits per heavy atom. The number of fused-ring (bicyclic) bond motifs is 1. The van der Waals surface area contributed by atoms with Gasteiger partial charge in [-0.2, -0.15) is 4.31 Å². The van der Waals surface area contributed by atoms with E-state index in [1.165, 1.54) is 0 Å². The van der Waals surface area contributed by atoms with Crippen LogP contribution in [-0.4, -0.2) is 81.9 Å². The summed E-state index contributed by atoms with van der Waals surface area (Å²) >= 11 is 0. The van der Waals surface area contributed by atoms with Gasteiger partial charge in [0.2, 0.25) is 10.0 Å². The number of sulfonamides is 1. The van der Waals surface area contributed by atoms with Gasteiger partial charge in [0.15, 0.2) is 0 Å². The van der Waals surface area contributed by atoms with Crippen molar-refractivity contribution in [3.05, 3.63) is 36.0 Å². The molecule has 6 nitrogen and oxygen atoms in total. The molecule has 0 aliphatic carbocycles. The fraction of sp³-hybridized carbons (Fsp3) is 0.550. The largest absolute Gasteiger partial charge is 0.309 e. The van der Waals surface area contributed by atoms with Crippen LogP contribution < -0.4 is 0 Å². The highest BCUT2D eigenvalue weighted by Gasteiger charge is 2.26. The van der Waals surface area contributed by atoms with Crippen LogP contribution in [0.25, 0.3) is 10.9 Å². The average Bonchev–Trinajstić information content (AvgIpc) is 2.59. The standard InChI is InChI=1S/C20H32N4O2S/c1-17-15-18-9-6-10-19(20(18)21-16-17)27(25,26)24(13-7-11-22(2)3)14-8-12-23(4)5/h6,9-10,15-16H,7-8,11-14H2,1-5H3. The lowest BCUT2D eigenvalue weighted by molar-refractivity contribution is 0.327. The minimum Gasteiger partial charge on any atom is -0.309 e. The van der Waals surface area contributed by atoms with Gasteiger partial charge in [-0.25, -0.2) is 8.42 Å². The van der Waals surface area contributed by atoms with Gasteiger partial charge in [-0.15, -0.1) is 0 Å². The minimum atomic E-state index is -3.60. The van der Waals surface area contributed by atoms with Crippen LogP contribution in [0, 0.1) is 6.92 Å². The van der Waals surface area contributed by atoms with E-state index in [4.69, 9.17) is 0 Å². The molecule has 0 fully saturated rings. The van der Waals surface area contributed by atoms with Crippen molar-refractivity contribution in [1.82, 2.24) is 19.1 Å². The molecule has 1 heterocycles. The summed E-state index contributed by atoms with van der Waals surface area (Å²) < 4.78 is 28.5. The van der Waals surface area contributed by atoms with Crippen LogP contribution in [-0.2, 0) is 10.0 Å². The maximum atomic E-state index is 13.4. The lowest BCUT2D eigenvalue weighted by Gasteiger charge is -2.24. The Labute approximate surface area is 163 Å². The molecule has 0 atom stereocenters. The molecule has 7 heteroatoms. The molecule has 1 aromatic carbocycles. The van der Waals surface area contributed by atoms with Gasteiger partial charge in [0.05, 0.1) is 5.52 Å². The summed E-state index contributed by atoms with van der Waals surface area (Å²) in [7, 11) is 4.40. The highest BCUT2D eigenvalue weighted by atomic mass is 32.2. The lowest BCUT2D eigenvalue weighted by atomic mass is 10.2. The highest BCUT2D eigenvalue weighted by Crippen LogP contribution is 2.25. The number of hydrogen-bond acceptors (Lipinski definition) is 5. The van der Waals surface area contributed by atoms with Crippen LogP contribution >= 0.6 is 0 Å². The topological polar surface area (TPSA) is 56.8 Å². The van der Waals surface area contributed by atoms with E-state index < -0.39 is 10.0 Å². The molecule has 0 aliphatic heterocycles. The molecular weight excluding hydrogens is 360 g/mol. The Balaban J connectivity index is 2.33. The molecule has 0 spiro atoms. The molecule has 2 aromatic rings. The second-order valence-electron chi connectivity index (χ2n) is 7.56. The smallest absolute Gasteiger partial charge is 0.245 e. The second-order valence-corrected chi connectivity index (χ2v) is 9.46. The Hall–Kier alpha value is -1.54. The first-order valence-corrected chi connectivity index (χ1v) is 10.8. The second kappa shape index (κ2) is 9.59. The number of hydrogen-bond donors (Lipinski definition) is 0. The van der Waals surface area contributed by atoms with Crippen molar-refractivity contribution in [3.8, 4) is 0 Å². The van der Waals surface area contributed by atoms with Crippen molar-refractivity contribution in [3.63, 3.8) is 0 Å². The maximum Gasteiger partial charge on any atom is 0.245 e. The van der Waals surface area contributed by atoms with E-state index >= 15 is 0 Å². The van der Waals surface area contributed by atoms with E-state index in [-0.39, 0.29) is 0 Å². The van der Waals surface area contributed by atoms with Gasteiger partial charge in [-0.3, -0.25) is 4.98 Å². The van der Waals surface area contributed by atoms with E-state index in [0.717, 1.165) is 36.9 Å². The average molecular weight is 393 g/mol. The minimum absolute atomic E-state index is 0.301. The highest BCUT2D eigenvalue weighted by molar-refractivity contribution is 7.89. The summed E-state index contributed by atoms with van der Waals surface area (Å²) in [6.45, 7) is 4.69. The molecule has 2 rings (SSSR count). The molecule has 27 heavy (non-hydrogen) atoms. The van der Waals surface area contributed by atoms with Gasteiger partial charge in [-0.1, -0.05) is 12.1 Å². The van der Waals surface area contributed by atoms with Gasteiger partial charge in [0, 0.05) is 24.7 Å². The molecule has 0 aliphatic rings. The number of pyridine rings is 1. The Morgan fingerprint density at radius 1 is 0.926 bits per heavy atom. The van der Waals surface area contributed by atoms with E-state index in [9.17, 15) is 8.42 Å². The molecule has 0 amide bonds. The maximum absolute atomic E-state index is 13.4. The summed E-state index contributed by atoms with van der Waals surface area (Å²) in [6, 6.07) is 7.36. The number of para-hydroxylation sites is 1. The third-order valence-electron chi connectivity index (χ3n) is 4.45. The van der Waals surface area contributed by atoms with E-state index in [2.05, 4.69) is 14.8 Å². The van der Waals surface area contributed by atoms with E-state index in [1.54, 1.807) is 22.6 Å². The molecule has 0 unspecified atom stereocenters. The number of aryl methyl sites for hydroxylation is 1. The summed E-state index contributed by atoms with van der Waals surface area (Å²) in [5, 5.41) is 0.859. The number of benzene rings is 1. The number of rotatable bonds is 10. The third-order valence-corrected chi connectivity index (χ3v) is 6.38. The van der Waals surface area contributed by atoms with Crippen molar-refractivity contribution in [2.75, 3.05) is 54.4 Å². The molecule has 1 aromatic heterocycles. The quantitative estimate of drug-likeness (QED) is 0.622. The summed E-state index contributed by atoms with van der Waals surface area (Å²) in [5.74, 6) is 0. The SMILES string of the molecule is Cc1cnc2c(S(=O)(=O)N(CCCN(C)C)CCCN(C)C)cccc2c1. The molecule has 0 saturated heterocycles. The Kier molecular flexibility index (Phi) is 7.73. The first kappa shape index (κ1) is 21.8. The zero-order chi connectivity index (χ0) is 20.0. The third kappa shape index (κ3) is 5.97. The van der Waals surface area contributed by atoms with Gasteiger partial charge < -0.3 is 9.80 Å². The van der Waals surface area contributed by atoms with Crippen LogP contribution in [0.5, 0.6) is 0 Å². The molecule has 150 valence electrons.